The van der Waals surface area contributed by atoms with E-state index >= 15 is 0 Å². The first-order chi connectivity index (χ1) is 12.0. The molecule has 128 valence electrons. The topological polar surface area (TPSA) is 41.9 Å². The molecule has 0 saturated carbocycles. The highest BCUT2D eigenvalue weighted by Gasteiger charge is 2.04. The van der Waals surface area contributed by atoms with Crippen LogP contribution in [-0.2, 0) is 6.54 Å². The Bertz CT molecular complexity index is 870. The molecular weight excluding hydrogens is 375 g/mol. The highest BCUT2D eigenvalue weighted by atomic mass is 35.5. The molecule has 0 aliphatic rings. The summed E-state index contributed by atoms with van der Waals surface area (Å²) in [6.07, 6.45) is 3.63. The molecule has 3 aromatic rings. The molecule has 0 amide bonds. The van der Waals surface area contributed by atoms with Crippen molar-refractivity contribution in [1.82, 2.24) is 9.78 Å². The molecule has 4 nitrogen and oxygen atoms in total. The Kier molecular flexibility index (Phi) is 5.58. The molecule has 0 atom stereocenters. The maximum atomic E-state index is 5.98. The van der Waals surface area contributed by atoms with E-state index in [4.69, 9.17) is 35.4 Å². The van der Waals surface area contributed by atoms with E-state index in [0.717, 1.165) is 11.4 Å². The van der Waals surface area contributed by atoms with Crippen LogP contribution in [-0.4, -0.2) is 14.9 Å². The Morgan fingerprint density at radius 1 is 1.04 bits per heavy atom. The molecule has 0 unspecified atom stereocenters. The maximum absolute atomic E-state index is 5.98. The Labute approximate surface area is 161 Å². The lowest BCUT2D eigenvalue weighted by Crippen LogP contribution is -2.18. The largest absolute Gasteiger partial charge is 0.332 e. The van der Waals surface area contributed by atoms with Gasteiger partial charge in [-0.15, -0.1) is 0 Å². The zero-order chi connectivity index (χ0) is 17.8. The van der Waals surface area contributed by atoms with Gasteiger partial charge in [0.15, 0.2) is 5.11 Å². The lowest BCUT2D eigenvalue weighted by molar-refractivity contribution is 0.687. The second-order valence-electron chi connectivity index (χ2n) is 5.65. The lowest BCUT2D eigenvalue weighted by Gasteiger charge is -2.09. The van der Waals surface area contributed by atoms with E-state index in [0.29, 0.717) is 21.7 Å². The molecular formula is C18H16Cl2N4S. The summed E-state index contributed by atoms with van der Waals surface area (Å²) in [6, 6.07) is 13.5. The number of aryl methyl sites for hydroxylation is 1. The molecule has 0 aliphatic heterocycles. The minimum Gasteiger partial charge on any atom is -0.332 e. The quantitative estimate of drug-likeness (QED) is 0.588. The Morgan fingerprint density at radius 2 is 1.68 bits per heavy atom. The minimum atomic E-state index is 0.438. The molecule has 2 aromatic carbocycles. The van der Waals surface area contributed by atoms with Gasteiger partial charge in [0.2, 0.25) is 0 Å². The number of hydrogen-bond acceptors (Lipinski definition) is 2. The zero-order valence-corrected chi connectivity index (χ0v) is 15.8. The molecule has 25 heavy (non-hydrogen) atoms. The summed E-state index contributed by atoms with van der Waals surface area (Å²) in [5.74, 6) is 0. The Balaban J connectivity index is 1.60. The number of benzene rings is 2. The van der Waals surface area contributed by atoms with Crippen LogP contribution < -0.4 is 10.6 Å². The van der Waals surface area contributed by atoms with Crippen LogP contribution in [0.25, 0.3) is 0 Å². The third-order valence-corrected chi connectivity index (χ3v) is 4.12. The van der Waals surface area contributed by atoms with E-state index < -0.39 is 0 Å². The minimum absolute atomic E-state index is 0.438. The van der Waals surface area contributed by atoms with Crippen molar-refractivity contribution in [2.24, 2.45) is 0 Å². The van der Waals surface area contributed by atoms with E-state index in [1.807, 2.05) is 10.9 Å². The molecule has 2 N–H and O–H groups in total. The maximum Gasteiger partial charge on any atom is 0.175 e. The van der Waals surface area contributed by atoms with Gasteiger partial charge in [-0.1, -0.05) is 53.0 Å². The predicted molar refractivity (Wildman–Crippen MR) is 109 cm³/mol. The number of thiocarbonyl (C=S) groups is 1. The van der Waals surface area contributed by atoms with E-state index in [9.17, 15) is 0 Å². The molecule has 1 heterocycles. The van der Waals surface area contributed by atoms with Crippen molar-refractivity contribution in [3.05, 3.63) is 76.0 Å². The van der Waals surface area contributed by atoms with Crippen LogP contribution in [0.2, 0.25) is 10.0 Å². The van der Waals surface area contributed by atoms with Gasteiger partial charge >= 0.3 is 0 Å². The number of nitrogens with zero attached hydrogens (tertiary/aromatic N) is 2. The van der Waals surface area contributed by atoms with Gasteiger partial charge in [0.1, 0.15) is 0 Å². The molecule has 7 heteroatoms. The van der Waals surface area contributed by atoms with Crippen molar-refractivity contribution in [1.29, 1.82) is 0 Å². The van der Waals surface area contributed by atoms with Crippen molar-refractivity contribution in [2.45, 2.75) is 13.5 Å². The average Bonchev–Trinajstić information content (AvgIpc) is 2.95. The first kappa shape index (κ1) is 17.7. The fraction of sp³-hybridized carbons (Fsp3) is 0.111. The summed E-state index contributed by atoms with van der Waals surface area (Å²) in [4.78, 5) is 0. The second-order valence-corrected chi connectivity index (χ2v) is 6.93. The summed E-state index contributed by atoms with van der Waals surface area (Å²) in [5.41, 5.74) is 3.96. The van der Waals surface area contributed by atoms with Crippen molar-refractivity contribution < 1.29 is 0 Å². The lowest BCUT2D eigenvalue weighted by atomic mass is 10.1. The molecule has 0 aliphatic carbocycles. The second kappa shape index (κ2) is 7.87. The molecule has 0 radical (unpaired) electrons. The molecule has 3 rings (SSSR count). The molecule has 0 spiro atoms. The summed E-state index contributed by atoms with van der Waals surface area (Å²) < 4.78 is 1.85. The third-order valence-electron chi connectivity index (χ3n) is 3.48. The first-order valence-electron chi connectivity index (χ1n) is 7.60. The monoisotopic (exact) mass is 390 g/mol. The van der Waals surface area contributed by atoms with Gasteiger partial charge in [-0.05, 0) is 42.9 Å². The van der Waals surface area contributed by atoms with E-state index in [1.54, 1.807) is 24.4 Å². The van der Waals surface area contributed by atoms with Gasteiger partial charge in [-0.25, -0.2) is 0 Å². The standard InChI is InChI=1S/C18H16Cl2N4S/c1-12-2-4-13(5-3-12)10-24-11-17(9-21-24)23-18(25)22-16-7-14(19)6-15(20)8-16/h2-9,11H,10H2,1H3,(H2,22,23,25). The average molecular weight is 391 g/mol. The first-order valence-corrected chi connectivity index (χ1v) is 8.76. The van der Waals surface area contributed by atoms with E-state index in [-0.39, 0.29) is 0 Å². The van der Waals surface area contributed by atoms with E-state index in [2.05, 4.69) is 46.9 Å². The van der Waals surface area contributed by atoms with Crippen molar-refractivity contribution in [3.63, 3.8) is 0 Å². The van der Waals surface area contributed by atoms with Crippen LogP contribution in [0, 0.1) is 6.92 Å². The van der Waals surface area contributed by atoms with Crippen molar-refractivity contribution in [2.75, 3.05) is 10.6 Å². The molecule has 0 saturated heterocycles. The Morgan fingerprint density at radius 3 is 2.36 bits per heavy atom. The molecule has 1 aromatic heterocycles. The van der Waals surface area contributed by atoms with Gasteiger partial charge in [-0.3, -0.25) is 4.68 Å². The van der Waals surface area contributed by atoms with Crippen LogP contribution >= 0.6 is 35.4 Å². The number of hydrogen-bond donors (Lipinski definition) is 2. The van der Waals surface area contributed by atoms with Crippen LogP contribution in [0.1, 0.15) is 11.1 Å². The van der Waals surface area contributed by atoms with Gasteiger partial charge in [-0.2, -0.15) is 5.10 Å². The van der Waals surface area contributed by atoms with Gasteiger partial charge in [0.25, 0.3) is 0 Å². The third kappa shape index (κ3) is 5.19. The fourth-order valence-corrected chi connectivity index (χ4v) is 3.08. The fourth-order valence-electron chi connectivity index (χ4n) is 2.31. The normalized spacial score (nSPS) is 10.5. The van der Waals surface area contributed by atoms with Gasteiger partial charge in [0, 0.05) is 21.9 Å². The van der Waals surface area contributed by atoms with Gasteiger partial charge < -0.3 is 10.6 Å². The summed E-state index contributed by atoms with van der Waals surface area (Å²) in [7, 11) is 0. The highest BCUT2D eigenvalue weighted by Crippen LogP contribution is 2.22. The number of nitrogens with one attached hydrogen (secondary N) is 2. The van der Waals surface area contributed by atoms with E-state index in [1.165, 1.54) is 11.1 Å². The van der Waals surface area contributed by atoms with Crippen LogP contribution in [0.5, 0.6) is 0 Å². The Hall–Kier alpha value is -2.08. The smallest absolute Gasteiger partial charge is 0.175 e. The number of halogens is 2. The summed E-state index contributed by atoms with van der Waals surface area (Å²) in [5, 5.41) is 12.0. The number of anilines is 2. The number of aromatic nitrogens is 2. The zero-order valence-electron chi connectivity index (χ0n) is 13.5. The van der Waals surface area contributed by atoms with Crippen LogP contribution in [0.3, 0.4) is 0 Å². The van der Waals surface area contributed by atoms with Crippen LogP contribution in [0.4, 0.5) is 11.4 Å². The highest BCUT2D eigenvalue weighted by molar-refractivity contribution is 7.80. The number of rotatable bonds is 4. The van der Waals surface area contributed by atoms with Crippen molar-refractivity contribution in [3.8, 4) is 0 Å². The van der Waals surface area contributed by atoms with Crippen molar-refractivity contribution >= 4 is 51.9 Å². The van der Waals surface area contributed by atoms with Gasteiger partial charge in [0.05, 0.1) is 18.4 Å². The summed E-state index contributed by atoms with van der Waals surface area (Å²) >= 11 is 17.3. The predicted octanol–water partition coefficient (Wildman–Crippen LogP) is 5.36. The molecule has 0 fully saturated rings. The van der Waals surface area contributed by atoms with Crippen LogP contribution in [0.15, 0.2) is 54.9 Å². The molecule has 0 bridgehead atoms. The SMILES string of the molecule is Cc1ccc(Cn2cc(NC(=S)Nc3cc(Cl)cc(Cl)c3)cn2)cc1. The summed E-state index contributed by atoms with van der Waals surface area (Å²) in [6.45, 7) is 2.77.